The quantitative estimate of drug-likeness (QED) is 0.103. The number of piperidine rings is 1. The minimum Gasteiger partial charge on any atom is -0.396 e. The average molecular weight is 1470 g/mol. The van der Waals surface area contributed by atoms with Gasteiger partial charge < -0.3 is 75.4 Å². The van der Waals surface area contributed by atoms with Crippen molar-refractivity contribution in [3.8, 4) is 0 Å². The summed E-state index contributed by atoms with van der Waals surface area (Å²) in [6, 6.07) is 3.89. The standard InChI is InChI=1S/C78H126N12O15/c1-48(2)36-56-72(99)89(20)64(42-55-32-26-22-27-33-55)76(103)86(17)61(39-51(7)8)71(98)82-67(53(11)92)77(104)83(14)44-66(94)85(16)60(38-50(5)6)68(95)80-57(74(101)90-34-28-23-29-35-90)43-65(93)84(15)59(37-49(3)4)69(96)81-58(45-105-47-78(12,13)46-91)73(100)88(19)63(40-52(9)10)75(102)87(18)62(70(97)79-56)41-54-30-24-21-25-31-54/h21-22,24-27,30-33,48-53,56-64,67,91-92H,23,28-29,34-47H2,1-20H3,(H,79,97)(H,80,95)(H,81,96)(H,82,98)/t53-,56+,57+,58+,59+,60+,61+,62+,63+,64+,67+/m1/s1. The Morgan fingerprint density at radius 1 is 0.467 bits per heavy atom. The highest BCUT2D eigenvalue weighted by molar-refractivity contribution is 6.00. The fraction of sp³-hybridized carbons (Fsp3) is 0.692. The molecule has 4 rings (SSSR count). The maximum Gasteiger partial charge on any atom is 0.248 e. The SMILES string of the molecule is CC(C)C[C@@H]1NC(=O)[C@H](Cc2ccccc2)N(C)C(=O)[C@H](CC(C)C)N(C)C(=O)[C@H](COCC(C)(C)CO)NC(=O)[C@H](CC(C)C)N(C)C(=O)C[C@@H](C(=O)N2CCCCC2)NC(=O)[C@H](CC(C)C)N(C)C(=O)CN(C)C(=O)[C@H]([C@@H](C)O)NC(=O)[C@H](CC(C)C)N(C)C(=O)[C@H](Cc2ccccc2)N(C)C1=O. The summed E-state index contributed by atoms with van der Waals surface area (Å²) in [6.45, 7) is 22.3. The van der Waals surface area contributed by atoms with Crippen LogP contribution in [0.3, 0.4) is 0 Å². The van der Waals surface area contributed by atoms with E-state index in [4.69, 9.17) is 4.74 Å². The highest BCUT2D eigenvalue weighted by Gasteiger charge is 2.44. The molecule has 2 aromatic carbocycles. The number of aliphatic hydroxyl groups is 2. The molecule has 2 aromatic rings. The van der Waals surface area contributed by atoms with Gasteiger partial charge in [0, 0.05) is 80.7 Å². The zero-order valence-corrected chi connectivity index (χ0v) is 66.3. The third kappa shape index (κ3) is 26.8. The van der Waals surface area contributed by atoms with Crippen LogP contribution in [0.5, 0.6) is 0 Å². The monoisotopic (exact) mass is 1470 g/mol. The van der Waals surface area contributed by atoms with Gasteiger partial charge in [-0.2, -0.15) is 0 Å². The molecule has 0 spiro atoms. The van der Waals surface area contributed by atoms with E-state index in [0.717, 1.165) is 16.2 Å². The van der Waals surface area contributed by atoms with Gasteiger partial charge in [-0.15, -0.1) is 0 Å². The van der Waals surface area contributed by atoms with E-state index < -0.39 is 162 Å². The Morgan fingerprint density at radius 3 is 1.34 bits per heavy atom. The topological polar surface area (TPSA) is 329 Å². The van der Waals surface area contributed by atoms with Crippen molar-refractivity contribution in [1.29, 1.82) is 0 Å². The predicted molar refractivity (Wildman–Crippen MR) is 401 cm³/mol. The molecule has 2 aliphatic heterocycles. The number of aliphatic hydroxyl groups excluding tert-OH is 2. The minimum absolute atomic E-state index is 0.0372. The van der Waals surface area contributed by atoms with Crippen LogP contribution in [-0.4, -0.2) is 276 Å². The first-order chi connectivity index (χ1) is 49.1. The van der Waals surface area contributed by atoms with Gasteiger partial charge in [0.05, 0.1) is 38.9 Å². The minimum atomic E-state index is -1.68. The first-order valence-corrected chi connectivity index (χ1v) is 37.4. The van der Waals surface area contributed by atoms with Crippen molar-refractivity contribution in [2.45, 2.75) is 227 Å². The molecule has 27 heteroatoms. The molecule has 2 heterocycles. The molecule has 2 fully saturated rings. The zero-order chi connectivity index (χ0) is 79.1. The lowest BCUT2D eigenvalue weighted by Crippen LogP contribution is -2.62. The van der Waals surface area contributed by atoms with Gasteiger partial charge in [0.2, 0.25) is 70.9 Å². The number of amides is 12. The third-order valence-electron chi connectivity index (χ3n) is 19.7. The van der Waals surface area contributed by atoms with E-state index >= 15 is 33.6 Å². The van der Waals surface area contributed by atoms with E-state index in [9.17, 15) is 34.2 Å². The molecule has 0 aromatic heterocycles. The molecule has 11 atom stereocenters. The summed E-state index contributed by atoms with van der Waals surface area (Å²) in [5.41, 5.74) is 0.480. The summed E-state index contributed by atoms with van der Waals surface area (Å²) < 4.78 is 6.14. The second-order valence-electron chi connectivity index (χ2n) is 32.0. The van der Waals surface area contributed by atoms with Gasteiger partial charge in [-0.3, -0.25) is 57.5 Å². The molecule has 0 unspecified atom stereocenters. The van der Waals surface area contributed by atoms with Crippen LogP contribution >= 0.6 is 0 Å². The van der Waals surface area contributed by atoms with Crippen molar-refractivity contribution < 1.29 is 72.5 Å². The van der Waals surface area contributed by atoms with Gasteiger partial charge >= 0.3 is 0 Å². The number of benzene rings is 2. The largest absolute Gasteiger partial charge is 0.396 e. The van der Waals surface area contributed by atoms with E-state index in [2.05, 4.69) is 21.3 Å². The Bertz CT molecular complexity index is 3220. The molecule has 0 saturated carbocycles. The number of hydrogen-bond acceptors (Lipinski definition) is 15. The van der Waals surface area contributed by atoms with Crippen LogP contribution in [0, 0.1) is 35.0 Å². The summed E-state index contributed by atoms with van der Waals surface area (Å²) in [4.78, 5) is 192. The Morgan fingerprint density at radius 2 is 0.857 bits per heavy atom. The van der Waals surface area contributed by atoms with E-state index in [1.165, 1.54) is 80.8 Å². The van der Waals surface area contributed by atoms with Gasteiger partial charge in [0.1, 0.15) is 60.4 Å². The molecule has 0 radical (unpaired) electrons. The molecule has 2 aliphatic rings. The fourth-order valence-electron chi connectivity index (χ4n) is 13.2. The molecular formula is C78H126N12O15. The molecule has 6 N–H and O–H groups in total. The van der Waals surface area contributed by atoms with Gasteiger partial charge in [0.25, 0.3) is 0 Å². The highest BCUT2D eigenvalue weighted by Crippen LogP contribution is 2.25. The van der Waals surface area contributed by atoms with Crippen LogP contribution in [0.4, 0.5) is 0 Å². The summed E-state index contributed by atoms with van der Waals surface area (Å²) in [6.07, 6.45) is 0.0647. The molecule has 105 heavy (non-hydrogen) atoms. The lowest BCUT2D eigenvalue weighted by molar-refractivity contribution is -0.152. The van der Waals surface area contributed by atoms with Crippen LogP contribution in [0.25, 0.3) is 0 Å². The first kappa shape index (κ1) is 89.4. The van der Waals surface area contributed by atoms with Crippen molar-refractivity contribution in [3.05, 3.63) is 71.8 Å². The second kappa shape index (κ2) is 41.8. The normalized spacial score (nSPS) is 24.7. The van der Waals surface area contributed by atoms with Gasteiger partial charge in [-0.1, -0.05) is 144 Å². The lowest BCUT2D eigenvalue weighted by atomic mass is 9.96. The van der Waals surface area contributed by atoms with Crippen LogP contribution in [0.15, 0.2) is 60.7 Å². The Kier molecular flexibility index (Phi) is 35.5. The number of carbonyl (C=O) groups is 12. The maximum atomic E-state index is 15.7. The number of nitrogens with one attached hydrogen (secondary N) is 4. The summed E-state index contributed by atoms with van der Waals surface area (Å²) in [7, 11) is 9.73. The van der Waals surface area contributed by atoms with Crippen LogP contribution < -0.4 is 21.3 Å². The summed E-state index contributed by atoms with van der Waals surface area (Å²) in [5, 5.41) is 32.9. The van der Waals surface area contributed by atoms with Crippen LogP contribution in [0.2, 0.25) is 0 Å². The van der Waals surface area contributed by atoms with Gasteiger partial charge in [0.15, 0.2) is 0 Å². The van der Waals surface area contributed by atoms with Crippen molar-refractivity contribution in [3.63, 3.8) is 0 Å². The number of hydrogen-bond donors (Lipinski definition) is 6. The smallest absolute Gasteiger partial charge is 0.248 e. The first-order valence-electron chi connectivity index (χ1n) is 37.4. The predicted octanol–water partition coefficient (Wildman–Crippen LogP) is 3.89. The maximum absolute atomic E-state index is 15.7. The van der Waals surface area contributed by atoms with Gasteiger partial charge in [-0.05, 0) is 99.0 Å². The Balaban J connectivity index is 2.04. The number of likely N-dealkylation sites (tertiary alicyclic amines) is 1. The summed E-state index contributed by atoms with van der Waals surface area (Å²) in [5.74, 6) is -10.1. The van der Waals surface area contributed by atoms with Gasteiger partial charge in [-0.25, -0.2) is 0 Å². The van der Waals surface area contributed by atoms with E-state index in [-0.39, 0.29) is 87.7 Å². The zero-order valence-electron chi connectivity index (χ0n) is 66.3. The van der Waals surface area contributed by atoms with E-state index in [1.807, 2.05) is 69.2 Å². The number of carbonyl (C=O) groups excluding carboxylic acids is 12. The molecule has 0 aliphatic carbocycles. The number of ether oxygens (including phenoxy) is 1. The second-order valence-corrected chi connectivity index (χ2v) is 32.0. The van der Waals surface area contributed by atoms with Crippen LogP contribution in [0.1, 0.15) is 159 Å². The number of likely N-dealkylation sites (N-methyl/N-ethyl adjacent to an activating group) is 7. The van der Waals surface area contributed by atoms with Crippen LogP contribution in [-0.2, 0) is 75.1 Å². The highest BCUT2D eigenvalue weighted by atomic mass is 16.5. The van der Waals surface area contributed by atoms with E-state index in [1.54, 1.807) is 79.4 Å². The molecule has 12 amide bonds. The average Bonchev–Trinajstić information content (AvgIpc) is 0.816. The molecule has 588 valence electrons. The molecule has 2 saturated heterocycles. The number of nitrogens with zero attached hydrogens (tertiary/aromatic N) is 8. The van der Waals surface area contributed by atoms with Crippen molar-refractivity contribution in [1.82, 2.24) is 60.5 Å². The van der Waals surface area contributed by atoms with Crippen molar-refractivity contribution in [2.75, 3.05) is 88.8 Å². The Labute approximate surface area is 623 Å². The third-order valence-corrected chi connectivity index (χ3v) is 19.7. The Hall–Kier alpha value is -8.04. The van der Waals surface area contributed by atoms with Crippen molar-refractivity contribution >= 4 is 70.9 Å². The fourth-order valence-corrected chi connectivity index (χ4v) is 13.2. The van der Waals surface area contributed by atoms with E-state index in [0.29, 0.717) is 37.1 Å². The lowest BCUT2D eigenvalue weighted by Gasteiger charge is -2.38. The number of rotatable bonds is 21. The molecule has 0 bridgehead atoms. The molecule has 27 nitrogen and oxygen atoms in total. The van der Waals surface area contributed by atoms with Crippen molar-refractivity contribution in [2.24, 2.45) is 35.0 Å². The summed E-state index contributed by atoms with van der Waals surface area (Å²) >= 11 is 0. The molecular weight excluding hydrogens is 1340 g/mol.